The van der Waals surface area contributed by atoms with Gasteiger partial charge in [0.15, 0.2) is 16.7 Å². The topological polar surface area (TPSA) is 83.9 Å². The molecule has 1 atom stereocenters. The lowest BCUT2D eigenvalue weighted by atomic mass is 9.88. The van der Waals surface area contributed by atoms with E-state index in [1.807, 2.05) is 0 Å². The molecular formula is C17H14F3NO5S. The van der Waals surface area contributed by atoms with Crippen molar-refractivity contribution in [3.63, 3.8) is 0 Å². The number of carbonyl (C=O) groups is 3. The number of thiophene rings is 1. The molecule has 0 saturated heterocycles. The fraction of sp³-hybridized carbons (Fsp3) is 0.353. The van der Waals surface area contributed by atoms with Gasteiger partial charge in [0.25, 0.3) is 5.91 Å². The summed E-state index contributed by atoms with van der Waals surface area (Å²) in [5.74, 6) is -3.56. The number of amides is 1. The van der Waals surface area contributed by atoms with E-state index in [-0.39, 0.29) is 39.6 Å². The normalized spacial score (nSPS) is 19.8. The van der Waals surface area contributed by atoms with E-state index in [9.17, 15) is 27.6 Å². The summed E-state index contributed by atoms with van der Waals surface area (Å²) < 4.78 is 43.3. The van der Waals surface area contributed by atoms with Crippen LogP contribution in [0.15, 0.2) is 34.8 Å². The maximum absolute atomic E-state index is 14.5. The quantitative estimate of drug-likeness (QED) is 0.816. The molecule has 1 aromatic heterocycles. The van der Waals surface area contributed by atoms with Gasteiger partial charge in [0, 0.05) is 17.7 Å². The van der Waals surface area contributed by atoms with Crippen molar-refractivity contribution in [1.82, 2.24) is 4.90 Å². The highest BCUT2D eigenvalue weighted by atomic mass is 32.1. The molecule has 0 saturated carbocycles. The van der Waals surface area contributed by atoms with Crippen molar-refractivity contribution in [2.45, 2.75) is 38.8 Å². The van der Waals surface area contributed by atoms with Crippen LogP contribution in [0.25, 0.3) is 0 Å². The molecule has 0 fully saturated rings. The smallest absolute Gasteiger partial charge is 0.388 e. The Kier molecular flexibility index (Phi) is 5.09. The summed E-state index contributed by atoms with van der Waals surface area (Å²) in [4.78, 5) is 37.1. The molecule has 1 aliphatic heterocycles. The first-order valence-corrected chi connectivity index (χ1v) is 8.75. The molecule has 6 nitrogen and oxygen atoms in total. The van der Waals surface area contributed by atoms with E-state index in [0.29, 0.717) is 11.3 Å². The molecule has 1 aromatic rings. The Hall–Kier alpha value is -2.62. The van der Waals surface area contributed by atoms with E-state index in [1.165, 1.54) is 24.0 Å². The monoisotopic (exact) mass is 401 g/mol. The predicted molar refractivity (Wildman–Crippen MR) is 88.2 cm³/mol. The Morgan fingerprint density at radius 2 is 2.11 bits per heavy atom. The number of hydrogen-bond acceptors (Lipinski definition) is 5. The van der Waals surface area contributed by atoms with Crippen LogP contribution in [0.5, 0.6) is 5.06 Å². The summed E-state index contributed by atoms with van der Waals surface area (Å²) in [6, 6.07) is 1.73. The molecule has 1 unspecified atom stereocenters. The number of nitrogens with zero attached hydrogens (tertiary/aromatic N) is 1. The molecule has 0 spiro atoms. The average molecular weight is 401 g/mol. The Bertz CT molecular complexity index is 889. The van der Waals surface area contributed by atoms with Gasteiger partial charge in [-0.2, -0.15) is 8.78 Å². The minimum atomic E-state index is -3.03. The molecule has 0 radical (unpaired) electrons. The van der Waals surface area contributed by atoms with Crippen LogP contribution in [0.4, 0.5) is 13.2 Å². The maximum atomic E-state index is 14.5. The van der Waals surface area contributed by atoms with Gasteiger partial charge in [0.05, 0.1) is 17.3 Å². The van der Waals surface area contributed by atoms with Crippen LogP contribution in [0.3, 0.4) is 0 Å². The molecule has 2 heterocycles. The molecule has 1 amide bonds. The van der Waals surface area contributed by atoms with Gasteiger partial charge in [-0.05, 0) is 31.1 Å². The molecule has 0 aromatic carbocycles. The third-order valence-corrected chi connectivity index (χ3v) is 5.40. The molecule has 3 rings (SSSR count). The largest absolute Gasteiger partial charge is 0.481 e. The van der Waals surface area contributed by atoms with Crippen LogP contribution in [0, 0.1) is 0 Å². The first kappa shape index (κ1) is 19.2. The van der Waals surface area contributed by atoms with E-state index in [4.69, 9.17) is 5.11 Å². The summed E-state index contributed by atoms with van der Waals surface area (Å²) in [6.07, 6.45) is -0.493. The van der Waals surface area contributed by atoms with Crippen LogP contribution in [-0.2, 0) is 9.59 Å². The second-order valence-electron chi connectivity index (χ2n) is 6.01. The fourth-order valence-electron chi connectivity index (χ4n) is 3.36. The highest BCUT2D eigenvalue weighted by Crippen LogP contribution is 2.44. The number of aliphatic carboxylic acids is 1. The minimum Gasteiger partial charge on any atom is -0.481 e. The van der Waals surface area contributed by atoms with Gasteiger partial charge < -0.3 is 14.7 Å². The first-order valence-electron chi connectivity index (χ1n) is 7.93. The molecular weight excluding hydrogens is 387 g/mol. The lowest BCUT2D eigenvalue weighted by molar-refractivity contribution is -0.136. The zero-order valence-corrected chi connectivity index (χ0v) is 14.8. The number of carboxylic acid groups (broad SMARTS) is 1. The number of rotatable bonds is 5. The molecule has 0 bridgehead atoms. The van der Waals surface area contributed by atoms with Crippen molar-refractivity contribution in [3.05, 3.63) is 39.7 Å². The van der Waals surface area contributed by atoms with Crippen molar-refractivity contribution in [1.29, 1.82) is 0 Å². The highest BCUT2D eigenvalue weighted by molar-refractivity contribution is 7.15. The van der Waals surface area contributed by atoms with Crippen LogP contribution in [0.2, 0.25) is 0 Å². The summed E-state index contributed by atoms with van der Waals surface area (Å²) in [6.45, 7) is -1.56. The van der Waals surface area contributed by atoms with Crippen molar-refractivity contribution in [3.8, 4) is 5.06 Å². The number of carbonyl (C=O) groups excluding carboxylic acids is 2. The van der Waals surface area contributed by atoms with Gasteiger partial charge in [-0.1, -0.05) is 11.3 Å². The zero-order valence-electron chi connectivity index (χ0n) is 14.0. The lowest BCUT2D eigenvalue weighted by Gasteiger charge is -2.29. The first-order chi connectivity index (χ1) is 12.7. The van der Waals surface area contributed by atoms with Crippen molar-refractivity contribution >= 4 is 29.0 Å². The van der Waals surface area contributed by atoms with Crippen molar-refractivity contribution < 1.29 is 37.4 Å². The molecule has 27 heavy (non-hydrogen) atoms. The number of carboxylic acids is 1. The Labute approximate surface area is 155 Å². The number of halogens is 3. The number of Topliss-reactive ketones (excluding diaryl/α,β-unsaturated/α-hetero) is 1. The number of alkyl halides is 2. The number of hydrogen-bond donors (Lipinski definition) is 1. The standard InChI is InChI=1S/C17H14F3NO5S/c1-7-8(6-12(23)24)14-9(2-3-10(22)15(14)18)21(7)16(25)11-4-5-13(27-11)26-17(19)20/h4-5,9,17H,2-3,6H2,1H3,(H,23,24). The number of ether oxygens (including phenoxy) is 1. The van der Waals surface area contributed by atoms with E-state index in [0.717, 1.165) is 0 Å². The third-order valence-electron chi connectivity index (χ3n) is 4.44. The van der Waals surface area contributed by atoms with E-state index >= 15 is 0 Å². The minimum absolute atomic E-state index is 0.0693. The van der Waals surface area contributed by atoms with Gasteiger partial charge in [-0.25, -0.2) is 4.39 Å². The van der Waals surface area contributed by atoms with Gasteiger partial charge in [-0.3, -0.25) is 14.4 Å². The Morgan fingerprint density at radius 3 is 2.74 bits per heavy atom. The SMILES string of the molecule is CC1=C(CC(=O)O)C2=C(F)C(=O)CCC2N1C(=O)c1ccc(OC(F)F)s1. The van der Waals surface area contributed by atoms with E-state index in [1.54, 1.807) is 0 Å². The number of fused-ring (bicyclic) bond motifs is 1. The summed E-state index contributed by atoms with van der Waals surface area (Å²) in [7, 11) is 0. The fourth-order valence-corrected chi connectivity index (χ4v) is 4.15. The molecule has 1 N–H and O–H groups in total. The second-order valence-corrected chi connectivity index (χ2v) is 7.06. The summed E-state index contributed by atoms with van der Waals surface area (Å²) in [5, 5.41) is 8.96. The summed E-state index contributed by atoms with van der Waals surface area (Å²) in [5.41, 5.74) is 0.254. The average Bonchev–Trinajstić information content (AvgIpc) is 3.13. The van der Waals surface area contributed by atoms with Crippen molar-refractivity contribution in [2.75, 3.05) is 0 Å². The van der Waals surface area contributed by atoms with Crippen LogP contribution in [0.1, 0.15) is 35.9 Å². The number of ketones is 1. The van der Waals surface area contributed by atoms with Gasteiger partial charge in [0.1, 0.15) is 0 Å². The van der Waals surface area contributed by atoms with Crippen molar-refractivity contribution in [2.24, 2.45) is 0 Å². The van der Waals surface area contributed by atoms with Gasteiger partial charge in [-0.15, -0.1) is 0 Å². The summed E-state index contributed by atoms with van der Waals surface area (Å²) >= 11 is 0.705. The maximum Gasteiger partial charge on any atom is 0.388 e. The number of allylic oxidation sites excluding steroid dienone is 2. The van der Waals surface area contributed by atoms with Crippen LogP contribution in [-0.4, -0.2) is 40.3 Å². The Balaban J connectivity index is 2.00. The van der Waals surface area contributed by atoms with Crippen LogP contribution < -0.4 is 4.74 Å². The zero-order chi connectivity index (χ0) is 19.9. The lowest BCUT2D eigenvalue weighted by Crippen LogP contribution is -2.38. The van der Waals surface area contributed by atoms with Crippen LogP contribution >= 0.6 is 11.3 Å². The van der Waals surface area contributed by atoms with E-state index < -0.39 is 42.6 Å². The predicted octanol–water partition coefficient (Wildman–Crippen LogP) is 3.51. The molecule has 1 aliphatic carbocycles. The van der Waals surface area contributed by atoms with Gasteiger partial charge in [0.2, 0.25) is 0 Å². The second kappa shape index (κ2) is 7.18. The van der Waals surface area contributed by atoms with E-state index in [2.05, 4.69) is 4.74 Å². The third kappa shape index (κ3) is 3.48. The molecule has 144 valence electrons. The highest BCUT2D eigenvalue weighted by Gasteiger charge is 2.44. The van der Waals surface area contributed by atoms with Gasteiger partial charge >= 0.3 is 12.6 Å². The molecule has 10 heteroatoms. The molecule has 2 aliphatic rings. The Morgan fingerprint density at radius 1 is 1.41 bits per heavy atom.